The molecule has 0 saturated carbocycles. The molecule has 1 atom stereocenters. The second-order valence-electron chi connectivity index (χ2n) is 7.99. The smallest absolute Gasteiger partial charge is 0.414 e. The summed E-state index contributed by atoms with van der Waals surface area (Å²) in [6, 6.07) is 4.50. The third-order valence-corrected chi connectivity index (χ3v) is 7.99. The predicted octanol–water partition coefficient (Wildman–Crippen LogP) is 2.66. The molecule has 2 aromatic heterocycles. The summed E-state index contributed by atoms with van der Waals surface area (Å²) >= 11 is 1.50. The summed E-state index contributed by atoms with van der Waals surface area (Å²) in [5, 5.41) is 9.02. The van der Waals surface area contributed by atoms with Gasteiger partial charge in [0, 0.05) is 29.9 Å². The van der Waals surface area contributed by atoms with Crippen molar-refractivity contribution in [2.75, 3.05) is 23.0 Å². The average Bonchev–Trinajstić information content (AvgIpc) is 3.55. The highest BCUT2D eigenvalue weighted by Crippen LogP contribution is 2.30. The molecule has 1 unspecified atom stereocenters. The van der Waals surface area contributed by atoms with E-state index in [-0.39, 0.29) is 24.5 Å². The Balaban J connectivity index is 1.21. The van der Waals surface area contributed by atoms with Crippen LogP contribution in [0.3, 0.4) is 0 Å². The van der Waals surface area contributed by atoms with Crippen LogP contribution >= 0.6 is 11.8 Å². The molecule has 1 saturated heterocycles. The normalized spacial score (nSPS) is 19.8. The number of allylic oxidation sites excluding steroid dienone is 1. The van der Waals surface area contributed by atoms with Crippen molar-refractivity contribution in [2.45, 2.75) is 30.0 Å². The number of nitrogens with zero attached hydrogens (tertiary/aromatic N) is 5. The number of rotatable bonds is 7. The predicted molar refractivity (Wildman–Crippen MR) is 123 cm³/mol. The number of cyclic esters (lactones) is 1. The molecule has 1 amide bonds. The van der Waals surface area contributed by atoms with E-state index in [0.717, 1.165) is 10.9 Å². The number of ether oxygens (including phenoxy) is 1. The van der Waals surface area contributed by atoms with Crippen molar-refractivity contribution in [3.8, 4) is 0 Å². The van der Waals surface area contributed by atoms with Gasteiger partial charge in [0.2, 0.25) is 0 Å². The van der Waals surface area contributed by atoms with Gasteiger partial charge in [-0.05, 0) is 30.2 Å². The number of aromatic amines is 1. The van der Waals surface area contributed by atoms with E-state index in [1.165, 1.54) is 22.7 Å². The van der Waals surface area contributed by atoms with E-state index in [1.807, 2.05) is 0 Å². The van der Waals surface area contributed by atoms with Crippen LogP contribution in [0.4, 0.5) is 14.9 Å². The Morgan fingerprint density at radius 1 is 1.32 bits per heavy atom. The SMILES string of the molecule is O=C1OC(Cn2cc(CSc3ncc[nH]3)nn2)CN1c1ccc(C2=CCS(=O)(=O)CC2)c(F)c1. The fraction of sp³-hybridized carbons (Fsp3) is 0.333. The zero-order valence-electron chi connectivity index (χ0n) is 17.9. The number of carbonyl (C=O) groups is 1. The lowest BCUT2D eigenvalue weighted by Crippen LogP contribution is -2.26. The van der Waals surface area contributed by atoms with Gasteiger partial charge in [-0.2, -0.15) is 0 Å². The molecule has 1 fully saturated rings. The number of hydrogen-bond acceptors (Lipinski definition) is 8. The van der Waals surface area contributed by atoms with Crippen molar-refractivity contribution in [1.29, 1.82) is 0 Å². The molecule has 13 heteroatoms. The standard InChI is InChI=1S/C21H21FN6O4S2/c22-19-9-16(1-2-18(19)14-3-7-34(30,31)8-4-14)28-12-17(32-21(28)29)11-27-10-15(25-26-27)13-33-20-23-5-6-24-20/h1-3,5-6,9-10,17H,4,7-8,11-13H2,(H,23,24). The van der Waals surface area contributed by atoms with Crippen molar-refractivity contribution >= 4 is 39.0 Å². The van der Waals surface area contributed by atoms with Crippen molar-refractivity contribution in [2.24, 2.45) is 0 Å². The second-order valence-corrected chi connectivity index (χ2v) is 11.2. The zero-order valence-corrected chi connectivity index (χ0v) is 19.6. The van der Waals surface area contributed by atoms with Crippen LogP contribution in [0.25, 0.3) is 5.57 Å². The maximum atomic E-state index is 14.8. The number of thioether (sulfide) groups is 1. The Kier molecular flexibility index (Phi) is 6.13. The number of amides is 1. The molecule has 1 N–H and O–H groups in total. The Morgan fingerprint density at radius 2 is 2.21 bits per heavy atom. The molecule has 178 valence electrons. The first-order valence-electron chi connectivity index (χ1n) is 10.5. The van der Waals surface area contributed by atoms with E-state index in [9.17, 15) is 17.6 Å². The Bertz CT molecular complexity index is 1340. The van der Waals surface area contributed by atoms with Crippen LogP contribution in [0.5, 0.6) is 0 Å². The Labute approximate surface area is 199 Å². The summed E-state index contributed by atoms with van der Waals surface area (Å²) in [6.07, 6.45) is 6.02. The van der Waals surface area contributed by atoms with Crippen LogP contribution in [0.2, 0.25) is 0 Å². The fourth-order valence-electron chi connectivity index (χ4n) is 3.86. The van der Waals surface area contributed by atoms with E-state index in [1.54, 1.807) is 41.5 Å². The molecule has 0 aliphatic carbocycles. The lowest BCUT2D eigenvalue weighted by molar-refractivity contribution is 0.129. The summed E-state index contributed by atoms with van der Waals surface area (Å²) in [7, 11) is -3.09. The zero-order chi connectivity index (χ0) is 23.7. The van der Waals surface area contributed by atoms with E-state index in [2.05, 4.69) is 20.3 Å². The molecular weight excluding hydrogens is 483 g/mol. The molecule has 0 radical (unpaired) electrons. The van der Waals surface area contributed by atoms with Crippen molar-refractivity contribution in [3.63, 3.8) is 0 Å². The van der Waals surface area contributed by atoms with Gasteiger partial charge in [0.1, 0.15) is 11.9 Å². The minimum absolute atomic E-state index is 0.00565. The van der Waals surface area contributed by atoms with E-state index in [4.69, 9.17) is 4.74 Å². The summed E-state index contributed by atoms with van der Waals surface area (Å²) in [6.45, 7) is 0.567. The van der Waals surface area contributed by atoms with E-state index >= 15 is 0 Å². The molecule has 1 aromatic carbocycles. The number of nitrogens with one attached hydrogen (secondary N) is 1. The van der Waals surface area contributed by atoms with E-state index in [0.29, 0.717) is 29.1 Å². The average molecular weight is 505 g/mol. The Hall–Kier alpha value is -3.19. The third kappa shape index (κ3) is 4.99. The minimum atomic E-state index is -3.09. The van der Waals surface area contributed by atoms with Crippen LogP contribution in [-0.2, 0) is 26.9 Å². The molecule has 5 rings (SSSR count). The quantitative estimate of drug-likeness (QED) is 0.487. The second kappa shape index (κ2) is 9.22. The van der Waals surface area contributed by atoms with Gasteiger partial charge >= 0.3 is 6.09 Å². The summed E-state index contributed by atoms with van der Waals surface area (Å²) in [4.78, 5) is 21.0. The van der Waals surface area contributed by atoms with Gasteiger partial charge in [-0.1, -0.05) is 23.1 Å². The molecule has 0 bridgehead atoms. The fourth-order valence-corrected chi connectivity index (χ4v) is 5.71. The molecule has 2 aliphatic heterocycles. The number of benzene rings is 1. The lowest BCUT2D eigenvalue weighted by Gasteiger charge is -2.17. The number of halogens is 1. The van der Waals surface area contributed by atoms with Crippen LogP contribution in [0.15, 0.2) is 48.0 Å². The topological polar surface area (TPSA) is 123 Å². The van der Waals surface area contributed by atoms with Crippen LogP contribution in [0, 0.1) is 5.82 Å². The van der Waals surface area contributed by atoms with Gasteiger partial charge in [0.15, 0.2) is 15.0 Å². The van der Waals surface area contributed by atoms with Gasteiger partial charge in [-0.15, -0.1) is 5.10 Å². The van der Waals surface area contributed by atoms with Crippen LogP contribution < -0.4 is 4.90 Å². The first kappa shape index (κ1) is 22.6. The number of anilines is 1. The van der Waals surface area contributed by atoms with Crippen molar-refractivity contribution in [1.82, 2.24) is 25.0 Å². The molecule has 0 spiro atoms. The number of sulfone groups is 1. The monoisotopic (exact) mass is 504 g/mol. The number of hydrogen-bond donors (Lipinski definition) is 1. The molecular formula is C21H21FN6O4S2. The highest BCUT2D eigenvalue weighted by atomic mass is 32.2. The third-order valence-electron chi connectivity index (χ3n) is 5.56. The largest absolute Gasteiger partial charge is 0.442 e. The number of H-pyrrole nitrogens is 1. The maximum Gasteiger partial charge on any atom is 0.414 e. The molecule has 34 heavy (non-hydrogen) atoms. The number of aromatic nitrogens is 5. The minimum Gasteiger partial charge on any atom is -0.442 e. The first-order valence-corrected chi connectivity index (χ1v) is 13.4. The molecule has 3 aromatic rings. The highest BCUT2D eigenvalue weighted by Gasteiger charge is 2.33. The summed E-state index contributed by atoms with van der Waals surface area (Å²) < 4.78 is 45.1. The highest BCUT2D eigenvalue weighted by molar-refractivity contribution is 7.98. The van der Waals surface area contributed by atoms with Gasteiger partial charge in [-0.3, -0.25) is 4.90 Å². The first-order chi connectivity index (χ1) is 16.4. The molecule has 4 heterocycles. The van der Waals surface area contributed by atoms with Gasteiger partial charge in [0.05, 0.1) is 36.0 Å². The number of carbonyl (C=O) groups excluding carboxylic acids is 1. The van der Waals surface area contributed by atoms with Crippen molar-refractivity contribution in [3.05, 3.63) is 59.9 Å². The van der Waals surface area contributed by atoms with Gasteiger partial charge < -0.3 is 9.72 Å². The number of imidazole rings is 1. The molecule has 10 nitrogen and oxygen atoms in total. The van der Waals surface area contributed by atoms with Gasteiger partial charge in [0.25, 0.3) is 0 Å². The Morgan fingerprint density at radius 3 is 2.94 bits per heavy atom. The lowest BCUT2D eigenvalue weighted by atomic mass is 10.0. The maximum absolute atomic E-state index is 14.8. The summed E-state index contributed by atoms with van der Waals surface area (Å²) in [5.74, 6) is 0.00756. The summed E-state index contributed by atoms with van der Waals surface area (Å²) in [5.41, 5.74) is 2.16. The molecule has 2 aliphatic rings. The van der Waals surface area contributed by atoms with Gasteiger partial charge in [-0.25, -0.2) is 27.3 Å². The van der Waals surface area contributed by atoms with E-state index < -0.39 is 27.9 Å². The van der Waals surface area contributed by atoms with Crippen LogP contribution in [-0.4, -0.2) is 63.6 Å². The van der Waals surface area contributed by atoms with Crippen LogP contribution in [0.1, 0.15) is 17.7 Å². The van der Waals surface area contributed by atoms with Crippen molar-refractivity contribution < 1.29 is 22.3 Å².